The standard InChI is InChI=1S/C13H16BrNO4/c1-3-19-13(17)15-11(10(14)12(16)18-2)9-7-5-4-6-8-9/h4-8,10-11H,3H2,1-2H3,(H,15,17)/t10-,11-/m0/s1. The highest BCUT2D eigenvalue weighted by atomic mass is 79.9. The fraction of sp³-hybridized carbons (Fsp3) is 0.385. The molecule has 1 rings (SSSR count). The summed E-state index contributed by atoms with van der Waals surface area (Å²) >= 11 is 3.24. The smallest absolute Gasteiger partial charge is 0.407 e. The minimum absolute atomic E-state index is 0.262. The van der Waals surface area contributed by atoms with Crippen LogP contribution in [0.5, 0.6) is 0 Å². The van der Waals surface area contributed by atoms with Crippen LogP contribution < -0.4 is 5.32 Å². The molecule has 0 bridgehead atoms. The van der Waals surface area contributed by atoms with Crippen molar-refractivity contribution < 1.29 is 19.1 Å². The number of methoxy groups -OCH3 is 1. The Bertz CT molecular complexity index is 424. The predicted octanol–water partition coefficient (Wildman–Crippen LogP) is 2.41. The molecule has 1 aromatic carbocycles. The fourth-order valence-electron chi connectivity index (χ4n) is 1.53. The van der Waals surface area contributed by atoms with Crippen LogP contribution >= 0.6 is 15.9 Å². The lowest BCUT2D eigenvalue weighted by Crippen LogP contribution is -2.38. The van der Waals surface area contributed by atoms with Crippen LogP contribution in [0, 0.1) is 0 Å². The maximum absolute atomic E-state index is 11.6. The highest BCUT2D eigenvalue weighted by molar-refractivity contribution is 9.10. The largest absolute Gasteiger partial charge is 0.468 e. The molecule has 2 atom stereocenters. The van der Waals surface area contributed by atoms with Gasteiger partial charge in [0.2, 0.25) is 0 Å². The van der Waals surface area contributed by atoms with E-state index in [4.69, 9.17) is 4.74 Å². The molecule has 6 heteroatoms. The van der Waals surface area contributed by atoms with Crippen molar-refractivity contribution in [2.45, 2.75) is 17.8 Å². The lowest BCUT2D eigenvalue weighted by molar-refractivity contribution is -0.140. The maximum Gasteiger partial charge on any atom is 0.407 e. The van der Waals surface area contributed by atoms with Gasteiger partial charge in [-0.2, -0.15) is 0 Å². The van der Waals surface area contributed by atoms with E-state index in [2.05, 4.69) is 26.0 Å². The van der Waals surface area contributed by atoms with Gasteiger partial charge in [0.25, 0.3) is 0 Å². The topological polar surface area (TPSA) is 64.6 Å². The van der Waals surface area contributed by atoms with Gasteiger partial charge in [0, 0.05) is 0 Å². The summed E-state index contributed by atoms with van der Waals surface area (Å²) in [5.74, 6) is -0.467. The van der Waals surface area contributed by atoms with Crippen molar-refractivity contribution in [3.05, 3.63) is 35.9 Å². The normalized spacial score (nSPS) is 13.2. The molecular formula is C13H16BrNO4. The number of amides is 1. The molecule has 0 aromatic heterocycles. The van der Waals surface area contributed by atoms with E-state index < -0.39 is 22.9 Å². The first-order chi connectivity index (χ1) is 9.10. The van der Waals surface area contributed by atoms with Crippen molar-refractivity contribution in [3.63, 3.8) is 0 Å². The summed E-state index contributed by atoms with van der Waals surface area (Å²) in [4.78, 5) is 22.5. The number of hydrogen-bond acceptors (Lipinski definition) is 4. The number of nitrogens with one attached hydrogen (secondary N) is 1. The average Bonchev–Trinajstić information content (AvgIpc) is 2.44. The Balaban J connectivity index is 2.91. The number of ether oxygens (including phenoxy) is 2. The molecule has 0 aliphatic carbocycles. The van der Waals surface area contributed by atoms with Gasteiger partial charge in [-0.25, -0.2) is 4.79 Å². The first-order valence-electron chi connectivity index (χ1n) is 5.80. The Hall–Kier alpha value is -1.56. The number of alkyl carbamates (subject to hydrolysis) is 1. The van der Waals surface area contributed by atoms with Crippen LogP contribution in [0.25, 0.3) is 0 Å². The fourth-order valence-corrected chi connectivity index (χ4v) is 2.16. The highest BCUT2D eigenvalue weighted by Gasteiger charge is 2.29. The second kappa shape index (κ2) is 7.78. The van der Waals surface area contributed by atoms with E-state index in [0.717, 1.165) is 5.56 Å². The number of hydrogen-bond donors (Lipinski definition) is 1. The van der Waals surface area contributed by atoms with E-state index >= 15 is 0 Å². The van der Waals surface area contributed by atoms with Crippen LogP contribution in [-0.4, -0.2) is 30.6 Å². The molecule has 5 nitrogen and oxygen atoms in total. The van der Waals surface area contributed by atoms with Crippen molar-refractivity contribution >= 4 is 28.0 Å². The van der Waals surface area contributed by atoms with E-state index in [0.29, 0.717) is 0 Å². The third kappa shape index (κ3) is 4.55. The quantitative estimate of drug-likeness (QED) is 0.665. The van der Waals surface area contributed by atoms with E-state index in [-0.39, 0.29) is 6.61 Å². The van der Waals surface area contributed by atoms with Gasteiger partial charge in [-0.15, -0.1) is 0 Å². The van der Waals surface area contributed by atoms with Crippen LogP contribution in [0.15, 0.2) is 30.3 Å². The summed E-state index contributed by atoms with van der Waals surface area (Å²) in [7, 11) is 1.29. The summed E-state index contributed by atoms with van der Waals surface area (Å²) in [6, 6.07) is 8.57. The Morgan fingerprint density at radius 3 is 2.47 bits per heavy atom. The second-order valence-electron chi connectivity index (χ2n) is 3.68. The molecule has 1 amide bonds. The molecule has 1 N–H and O–H groups in total. The number of alkyl halides is 1. The molecule has 0 spiro atoms. The molecule has 0 saturated carbocycles. The minimum atomic E-state index is -0.690. The first-order valence-corrected chi connectivity index (χ1v) is 6.71. The molecule has 0 aliphatic heterocycles. The van der Waals surface area contributed by atoms with Gasteiger partial charge in [-0.3, -0.25) is 4.79 Å². The van der Waals surface area contributed by atoms with Crippen molar-refractivity contribution in [1.29, 1.82) is 0 Å². The van der Waals surface area contributed by atoms with Crippen LogP contribution in [-0.2, 0) is 14.3 Å². The average molecular weight is 330 g/mol. The van der Waals surface area contributed by atoms with Crippen LogP contribution in [0.4, 0.5) is 4.79 Å². The zero-order chi connectivity index (χ0) is 14.3. The van der Waals surface area contributed by atoms with Crippen molar-refractivity contribution in [2.75, 3.05) is 13.7 Å². The lowest BCUT2D eigenvalue weighted by Gasteiger charge is -2.22. The first kappa shape index (κ1) is 15.5. The van der Waals surface area contributed by atoms with Gasteiger partial charge < -0.3 is 14.8 Å². The van der Waals surface area contributed by atoms with Gasteiger partial charge in [0.05, 0.1) is 19.8 Å². The summed E-state index contributed by atoms with van der Waals surface area (Å²) < 4.78 is 9.51. The van der Waals surface area contributed by atoms with Gasteiger partial charge in [-0.05, 0) is 12.5 Å². The van der Waals surface area contributed by atoms with E-state index in [1.54, 1.807) is 6.92 Å². The van der Waals surface area contributed by atoms with Crippen molar-refractivity contribution in [3.8, 4) is 0 Å². The summed E-state index contributed by atoms with van der Waals surface area (Å²) in [6.45, 7) is 1.97. The van der Waals surface area contributed by atoms with Crippen LogP contribution in [0.2, 0.25) is 0 Å². The summed E-state index contributed by atoms with van der Waals surface area (Å²) in [5, 5.41) is 2.64. The lowest BCUT2D eigenvalue weighted by atomic mass is 10.0. The molecular weight excluding hydrogens is 314 g/mol. The Morgan fingerprint density at radius 2 is 1.95 bits per heavy atom. The minimum Gasteiger partial charge on any atom is -0.468 e. The zero-order valence-electron chi connectivity index (χ0n) is 10.8. The maximum atomic E-state index is 11.6. The monoisotopic (exact) mass is 329 g/mol. The SMILES string of the molecule is CCOC(=O)N[C@@H](c1ccccc1)[C@H](Br)C(=O)OC. The number of rotatable bonds is 5. The third-order valence-corrected chi connectivity index (χ3v) is 3.33. The number of esters is 1. The molecule has 19 heavy (non-hydrogen) atoms. The third-order valence-electron chi connectivity index (χ3n) is 2.43. The highest BCUT2D eigenvalue weighted by Crippen LogP contribution is 2.23. The molecule has 0 aliphatic rings. The van der Waals surface area contributed by atoms with Gasteiger partial charge in [0.1, 0.15) is 4.83 Å². The van der Waals surface area contributed by atoms with Crippen molar-refractivity contribution in [1.82, 2.24) is 5.32 Å². The predicted molar refractivity (Wildman–Crippen MR) is 74.1 cm³/mol. The summed E-state index contributed by atoms with van der Waals surface area (Å²) in [6.07, 6.45) is -0.579. The second-order valence-corrected chi connectivity index (χ2v) is 4.66. The molecule has 0 saturated heterocycles. The Labute approximate surface area is 120 Å². The summed E-state index contributed by atoms with van der Waals surface area (Å²) in [5.41, 5.74) is 0.780. The number of carbonyl (C=O) groups excluding carboxylic acids is 2. The van der Waals surface area contributed by atoms with Crippen LogP contribution in [0.1, 0.15) is 18.5 Å². The van der Waals surface area contributed by atoms with E-state index in [1.807, 2.05) is 30.3 Å². The molecule has 104 valence electrons. The number of benzene rings is 1. The van der Waals surface area contributed by atoms with Gasteiger partial charge in [0.15, 0.2) is 0 Å². The van der Waals surface area contributed by atoms with Gasteiger partial charge in [-0.1, -0.05) is 46.3 Å². The van der Waals surface area contributed by atoms with Crippen molar-refractivity contribution in [2.24, 2.45) is 0 Å². The zero-order valence-corrected chi connectivity index (χ0v) is 12.3. The van der Waals surface area contributed by atoms with Gasteiger partial charge >= 0.3 is 12.1 Å². The molecule has 0 heterocycles. The van der Waals surface area contributed by atoms with E-state index in [1.165, 1.54) is 7.11 Å². The Morgan fingerprint density at radius 1 is 1.32 bits per heavy atom. The van der Waals surface area contributed by atoms with E-state index in [9.17, 15) is 9.59 Å². The molecule has 0 fully saturated rings. The molecule has 0 radical (unpaired) electrons. The Kier molecular flexibility index (Phi) is 6.35. The molecule has 0 unspecified atom stereocenters. The number of halogens is 1. The molecule has 1 aromatic rings. The van der Waals surface area contributed by atoms with Crippen LogP contribution in [0.3, 0.4) is 0 Å². The number of carbonyl (C=O) groups is 2.